The van der Waals surface area contributed by atoms with Gasteiger partial charge in [0.05, 0.1) is 7.11 Å². The van der Waals surface area contributed by atoms with E-state index in [4.69, 9.17) is 0 Å². The highest BCUT2D eigenvalue weighted by molar-refractivity contribution is 5.68. The molecule has 0 saturated carbocycles. The molecule has 15 heavy (non-hydrogen) atoms. The normalized spacial score (nSPS) is 11.3. The summed E-state index contributed by atoms with van der Waals surface area (Å²) >= 11 is 0. The summed E-state index contributed by atoms with van der Waals surface area (Å²) in [5, 5.41) is 0. The molecule has 2 heteroatoms. The van der Waals surface area contributed by atoms with Gasteiger partial charge in [-0.3, -0.25) is 4.79 Å². The third-order valence-corrected chi connectivity index (χ3v) is 2.10. The second kappa shape index (κ2) is 11.0. The van der Waals surface area contributed by atoms with E-state index in [1.807, 2.05) is 0 Å². The quantitative estimate of drug-likeness (QED) is 0.347. The molecule has 86 valence electrons. The van der Waals surface area contributed by atoms with E-state index >= 15 is 0 Å². The summed E-state index contributed by atoms with van der Waals surface area (Å²) in [6, 6.07) is 0. The molecule has 0 rings (SSSR count). The SMILES string of the molecule is CC/C=C\C=C\CCCCCC(=O)OC. The minimum absolute atomic E-state index is 0.101. The zero-order chi connectivity index (χ0) is 11.4. The summed E-state index contributed by atoms with van der Waals surface area (Å²) in [5.41, 5.74) is 0. The largest absolute Gasteiger partial charge is 0.469 e. The summed E-state index contributed by atoms with van der Waals surface area (Å²) in [6.07, 6.45) is 14.4. The molecule has 0 bridgehead atoms. The Bertz CT molecular complexity index is 205. The molecule has 0 amide bonds. The Kier molecular flexibility index (Phi) is 10.3. The molecule has 0 atom stereocenters. The fourth-order valence-corrected chi connectivity index (χ4v) is 1.20. The maximum atomic E-state index is 10.8. The fraction of sp³-hybridized carbons (Fsp3) is 0.615. The van der Waals surface area contributed by atoms with Gasteiger partial charge >= 0.3 is 5.97 Å². The summed E-state index contributed by atoms with van der Waals surface area (Å²) < 4.78 is 4.56. The van der Waals surface area contributed by atoms with Gasteiger partial charge in [0.1, 0.15) is 0 Å². The second-order valence-corrected chi connectivity index (χ2v) is 3.44. The Balaban J connectivity index is 3.21. The van der Waals surface area contributed by atoms with Crippen LogP contribution < -0.4 is 0 Å². The van der Waals surface area contributed by atoms with E-state index in [1.54, 1.807) is 0 Å². The average Bonchev–Trinajstić information content (AvgIpc) is 2.26. The molecule has 0 N–H and O–H groups in total. The molecule has 0 aromatic heterocycles. The highest BCUT2D eigenvalue weighted by atomic mass is 16.5. The molecular weight excluding hydrogens is 188 g/mol. The summed E-state index contributed by atoms with van der Waals surface area (Å²) in [7, 11) is 1.44. The first-order chi connectivity index (χ1) is 7.31. The van der Waals surface area contributed by atoms with E-state index in [1.165, 1.54) is 7.11 Å². The first-order valence-electron chi connectivity index (χ1n) is 5.69. The third kappa shape index (κ3) is 10.9. The highest BCUT2D eigenvalue weighted by Gasteiger charge is 1.97. The highest BCUT2D eigenvalue weighted by Crippen LogP contribution is 2.04. The van der Waals surface area contributed by atoms with E-state index < -0.39 is 0 Å². The summed E-state index contributed by atoms with van der Waals surface area (Å²) in [6.45, 7) is 2.12. The predicted octanol–water partition coefficient (Wildman–Crippen LogP) is 3.63. The zero-order valence-electron chi connectivity index (χ0n) is 9.87. The van der Waals surface area contributed by atoms with Crippen molar-refractivity contribution in [3.63, 3.8) is 0 Å². The molecule has 0 fully saturated rings. The number of methoxy groups -OCH3 is 1. The Morgan fingerprint density at radius 3 is 2.53 bits per heavy atom. The number of rotatable bonds is 8. The van der Waals surface area contributed by atoms with Crippen LogP contribution in [0.15, 0.2) is 24.3 Å². The summed E-state index contributed by atoms with van der Waals surface area (Å²) in [5.74, 6) is -0.101. The van der Waals surface area contributed by atoms with Gasteiger partial charge in [0, 0.05) is 6.42 Å². The lowest BCUT2D eigenvalue weighted by atomic mass is 10.1. The monoisotopic (exact) mass is 210 g/mol. The minimum Gasteiger partial charge on any atom is -0.469 e. The van der Waals surface area contributed by atoms with E-state index in [9.17, 15) is 4.79 Å². The Morgan fingerprint density at radius 1 is 1.13 bits per heavy atom. The van der Waals surface area contributed by atoms with Gasteiger partial charge in [-0.25, -0.2) is 0 Å². The van der Waals surface area contributed by atoms with E-state index in [-0.39, 0.29) is 5.97 Å². The van der Waals surface area contributed by atoms with E-state index in [0.29, 0.717) is 6.42 Å². The molecule has 0 radical (unpaired) electrons. The zero-order valence-corrected chi connectivity index (χ0v) is 9.87. The smallest absolute Gasteiger partial charge is 0.305 e. The van der Waals surface area contributed by atoms with Crippen molar-refractivity contribution in [3.05, 3.63) is 24.3 Å². The lowest BCUT2D eigenvalue weighted by molar-refractivity contribution is -0.140. The van der Waals surface area contributed by atoms with Gasteiger partial charge in [-0.05, 0) is 25.7 Å². The molecule has 0 aliphatic heterocycles. The number of ether oxygens (including phenoxy) is 1. The van der Waals surface area contributed by atoms with Crippen molar-refractivity contribution in [2.45, 2.75) is 45.4 Å². The van der Waals surface area contributed by atoms with Gasteiger partial charge < -0.3 is 4.74 Å². The van der Waals surface area contributed by atoms with Crippen LogP contribution in [0.2, 0.25) is 0 Å². The van der Waals surface area contributed by atoms with Crippen LogP contribution in [-0.2, 0) is 9.53 Å². The topological polar surface area (TPSA) is 26.3 Å². The maximum absolute atomic E-state index is 10.8. The van der Waals surface area contributed by atoms with Crippen molar-refractivity contribution < 1.29 is 9.53 Å². The number of hydrogen-bond donors (Lipinski definition) is 0. The van der Waals surface area contributed by atoms with Crippen molar-refractivity contribution in [3.8, 4) is 0 Å². The first kappa shape index (κ1) is 13.9. The van der Waals surface area contributed by atoms with Crippen LogP contribution >= 0.6 is 0 Å². The van der Waals surface area contributed by atoms with Crippen LogP contribution in [0.5, 0.6) is 0 Å². The van der Waals surface area contributed by atoms with E-state index in [2.05, 4.69) is 36.0 Å². The molecule has 0 aromatic rings. The average molecular weight is 210 g/mol. The molecule has 0 aliphatic carbocycles. The van der Waals surface area contributed by atoms with Gasteiger partial charge in [-0.2, -0.15) is 0 Å². The molecular formula is C13H22O2. The van der Waals surface area contributed by atoms with Gasteiger partial charge in [-0.15, -0.1) is 0 Å². The van der Waals surface area contributed by atoms with Crippen LogP contribution in [0.4, 0.5) is 0 Å². The number of carbonyl (C=O) groups excluding carboxylic acids is 1. The van der Waals surface area contributed by atoms with Crippen LogP contribution in [0, 0.1) is 0 Å². The maximum Gasteiger partial charge on any atom is 0.305 e. The van der Waals surface area contributed by atoms with Crippen molar-refractivity contribution >= 4 is 5.97 Å². The number of unbranched alkanes of at least 4 members (excludes halogenated alkanes) is 3. The summed E-state index contributed by atoms with van der Waals surface area (Å²) in [4.78, 5) is 10.8. The van der Waals surface area contributed by atoms with Crippen molar-refractivity contribution in [1.82, 2.24) is 0 Å². The molecule has 0 aromatic carbocycles. The molecule has 0 spiro atoms. The standard InChI is InChI=1S/C13H22O2/c1-3-4-5-6-7-8-9-10-11-12-13(14)15-2/h4-7H,3,8-12H2,1-2H3/b5-4-,7-6+. The predicted molar refractivity (Wildman–Crippen MR) is 63.7 cm³/mol. The van der Waals surface area contributed by atoms with Crippen molar-refractivity contribution in [2.75, 3.05) is 7.11 Å². The molecule has 2 nitrogen and oxygen atoms in total. The lowest BCUT2D eigenvalue weighted by Gasteiger charge is -1.97. The number of hydrogen-bond acceptors (Lipinski definition) is 2. The Hall–Kier alpha value is -1.05. The van der Waals surface area contributed by atoms with Gasteiger partial charge in [-0.1, -0.05) is 37.6 Å². The molecule has 0 heterocycles. The number of esters is 1. The van der Waals surface area contributed by atoms with Gasteiger partial charge in [0.25, 0.3) is 0 Å². The molecule has 0 saturated heterocycles. The molecule has 0 aliphatic rings. The van der Waals surface area contributed by atoms with Crippen molar-refractivity contribution in [1.29, 1.82) is 0 Å². The minimum atomic E-state index is -0.101. The Morgan fingerprint density at radius 2 is 1.87 bits per heavy atom. The van der Waals surface area contributed by atoms with Crippen LogP contribution in [0.3, 0.4) is 0 Å². The lowest BCUT2D eigenvalue weighted by Crippen LogP contribution is -1.98. The number of allylic oxidation sites excluding steroid dienone is 4. The van der Waals surface area contributed by atoms with Gasteiger partial charge in [0.15, 0.2) is 0 Å². The van der Waals surface area contributed by atoms with E-state index in [0.717, 1.165) is 32.1 Å². The van der Waals surface area contributed by atoms with Crippen molar-refractivity contribution in [2.24, 2.45) is 0 Å². The fourth-order valence-electron chi connectivity index (χ4n) is 1.20. The first-order valence-corrected chi connectivity index (χ1v) is 5.69. The molecule has 0 unspecified atom stereocenters. The Labute approximate surface area is 93.0 Å². The van der Waals surface area contributed by atoms with Crippen LogP contribution in [0.1, 0.15) is 45.4 Å². The number of carbonyl (C=O) groups is 1. The van der Waals surface area contributed by atoms with Crippen LogP contribution in [0.25, 0.3) is 0 Å². The second-order valence-electron chi connectivity index (χ2n) is 3.44. The third-order valence-electron chi connectivity index (χ3n) is 2.10. The van der Waals surface area contributed by atoms with Crippen LogP contribution in [-0.4, -0.2) is 13.1 Å². The van der Waals surface area contributed by atoms with Gasteiger partial charge in [0.2, 0.25) is 0 Å².